The monoisotopic (exact) mass is 253 g/mol. The molecule has 0 saturated heterocycles. The Labute approximate surface area is 109 Å². The van der Waals surface area contributed by atoms with Gasteiger partial charge in [-0.3, -0.25) is 0 Å². The van der Waals surface area contributed by atoms with E-state index in [0.29, 0.717) is 13.2 Å². The van der Waals surface area contributed by atoms with Crippen molar-refractivity contribution in [2.45, 2.75) is 19.4 Å². The van der Waals surface area contributed by atoms with Crippen LogP contribution >= 0.6 is 0 Å². The minimum absolute atomic E-state index is 0.0909. The summed E-state index contributed by atoms with van der Waals surface area (Å²) in [5.74, 6) is 0.882. The molecule has 1 aromatic rings. The van der Waals surface area contributed by atoms with E-state index in [9.17, 15) is 0 Å². The molecule has 1 aromatic carbocycles. The Morgan fingerprint density at radius 3 is 2.89 bits per heavy atom. The van der Waals surface area contributed by atoms with Crippen LogP contribution in [0.5, 0.6) is 5.75 Å². The van der Waals surface area contributed by atoms with Gasteiger partial charge in [0, 0.05) is 12.6 Å². The van der Waals surface area contributed by atoms with Gasteiger partial charge < -0.3 is 19.9 Å². The number of hydrogen-bond acceptors (Lipinski definition) is 4. The van der Waals surface area contributed by atoms with Crippen molar-refractivity contribution in [1.29, 1.82) is 0 Å². The van der Waals surface area contributed by atoms with E-state index in [2.05, 4.69) is 18.3 Å². The zero-order valence-electron chi connectivity index (χ0n) is 11.2. The van der Waals surface area contributed by atoms with E-state index < -0.39 is 0 Å². The van der Waals surface area contributed by atoms with Crippen molar-refractivity contribution in [3.8, 4) is 5.75 Å². The molecule has 4 heteroatoms. The highest BCUT2D eigenvalue weighted by molar-refractivity contribution is 5.30. The zero-order valence-corrected chi connectivity index (χ0v) is 11.2. The van der Waals surface area contributed by atoms with Gasteiger partial charge in [0.05, 0.1) is 20.3 Å². The number of hydrogen-bond donors (Lipinski definition) is 2. The lowest BCUT2D eigenvalue weighted by molar-refractivity contribution is 0.0904. The van der Waals surface area contributed by atoms with Crippen molar-refractivity contribution in [2.75, 3.05) is 33.5 Å². The number of nitrogens with one attached hydrogen (secondary N) is 1. The molecule has 0 amide bonds. The first-order chi connectivity index (χ1) is 8.77. The fraction of sp³-hybridized carbons (Fsp3) is 0.571. The summed E-state index contributed by atoms with van der Waals surface area (Å²) < 4.78 is 10.4. The normalized spacial score (nSPS) is 12.4. The SMILES string of the molecule is COc1cccc(C(C)NCCCOCCO)c1. The van der Waals surface area contributed by atoms with Crippen LogP contribution in [0.25, 0.3) is 0 Å². The Morgan fingerprint density at radius 2 is 2.17 bits per heavy atom. The lowest BCUT2D eigenvalue weighted by atomic mass is 10.1. The summed E-state index contributed by atoms with van der Waals surface area (Å²) in [6.45, 7) is 4.21. The molecular formula is C14H23NO3. The highest BCUT2D eigenvalue weighted by atomic mass is 16.5. The molecular weight excluding hydrogens is 230 g/mol. The van der Waals surface area contributed by atoms with Crippen LogP contribution in [0, 0.1) is 0 Å². The maximum absolute atomic E-state index is 8.56. The summed E-state index contributed by atoms with van der Waals surface area (Å²) in [4.78, 5) is 0. The molecule has 0 aliphatic heterocycles. The van der Waals surface area contributed by atoms with Crippen LogP contribution in [0.1, 0.15) is 24.9 Å². The van der Waals surface area contributed by atoms with E-state index >= 15 is 0 Å². The summed E-state index contributed by atoms with van der Waals surface area (Å²) in [6.07, 6.45) is 0.939. The molecule has 0 radical (unpaired) electrons. The fourth-order valence-corrected chi connectivity index (χ4v) is 1.69. The number of aliphatic hydroxyl groups is 1. The summed E-state index contributed by atoms with van der Waals surface area (Å²) in [7, 11) is 1.68. The molecule has 0 aromatic heterocycles. The Balaban J connectivity index is 2.25. The topological polar surface area (TPSA) is 50.7 Å². The van der Waals surface area contributed by atoms with Gasteiger partial charge >= 0.3 is 0 Å². The first-order valence-corrected chi connectivity index (χ1v) is 6.34. The second-order valence-electron chi connectivity index (χ2n) is 4.14. The van der Waals surface area contributed by atoms with Gasteiger partial charge in [-0.15, -0.1) is 0 Å². The largest absolute Gasteiger partial charge is 0.497 e. The van der Waals surface area contributed by atoms with Crippen LogP contribution in [0.4, 0.5) is 0 Å². The summed E-state index contributed by atoms with van der Waals surface area (Å²) in [5, 5.41) is 12.0. The molecule has 18 heavy (non-hydrogen) atoms. The predicted molar refractivity (Wildman–Crippen MR) is 71.9 cm³/mol. The molecule has 1 unspecified atom stereocenters. The molecule has 0 bridgehead atoms. The van der Waals surface area contributed by atoms with Crippen LogP contribution in [0.15, 0.2) is 24.3 Å². The van der Waals surface area contributed by atoms with Gasteiger partial charge in [-0.1, -0.05) is 12.1 Å². The van der Waals surface area contributed by atoms with Gasteiger partial charge in [0.2, 0.25) is 0 Å². The Kier molecular flexibility index (Phi) is 7.41. The molecule has 1 rings (SSSR count). The lowest BCUT2D eigenvalue weighted by Gasteiger charge is -2.15. The van der Waals surface area contributed by atoms with Crippen molar-refractivity contribution in [2.24, 2.45) is 0 Å². The zero-order chi connectivity index (χ0) is 13.2. The number of methoxy groups -OCH3 is 1. The minimum atomic E-state index is 0.0909. The first kappa shape index (κ1) is 15.0. The van der Waals surface area contributed by atoms with Gasteiger partial charge in [-0.05, 0) is 37.6 Å². The van der Waals surface area contributed by atoms with Crippen molar-refractivity contribution in [3.05, 3.63) is 29.8 Å². The van der Waals surface area contributed by atoms with E-state index in [0.717, 1.165) is 18.7 Å². The van der Waals surface area contributed by atoms with Crippen LogP contribution in [0.2, 0.25) is 0 Å². The second-order valence-corrected chi connectivity index (χ2v) is 4.14. The molecule has 4 nitrogen and oxygen atoms in total. The van der Waals surface area contributed by atoms with Crippen LogP contribution in [0.3, 0.4) is 0 Å². The predicted octanol–water partition coefficient (Wildman–Crippen LogP) is 1.74. The summed E-state index contributed by atoms with van der Waals surface area (Å²) in [5.41, 5.74) is 1.21. The quantitative estimate of drug-likeness (QED) is 0.658. The van der Waals surface area contributed by atoms with Gasteiger partial charge in [-0.2, -0.15) is 0 Å². The molecule has 0 aliphatic carbocycles. The van der Waals surface area contributed by atoms with E-state index in [1.54, 1.807) is 7.11 Å². The standard InChI is InChI=1S/C14H23NO3/c1-12(15-7-4-9-18-10-8-16)13-5-3-6-14(11-13)17-2/h3,5-6,11-12,15-16H,4,7-10H2,1-2H3. The average molecular weight is 253 g/mol. The molecule has 0 fully saturated rings. The molecule has 0 spiro atoms. The molecule has 1 atom stereocenters. The third kappa shape index (κ3) is 5.49. The van der Waals surface area contributed by atoms with Gasteiger partial charge in [0.15, 0.2) is 0 Å². The highest BCUT2D eigenvalue weighted by Gasteiger charge is 2.05. The van der Waals surface area contributed by atoms with Crippen molar-refractivity contribution >= 4 is 0 Å². The summed E-state index contributed by atoms with van der Waals surface area (Å²) >= 11 is 0. The third-order valence-corrected chi connectivity index (χ3v) is 2.75. The lowest BCUT2D eigenvalue weighted by Crippen LogP contribution is -2.21. The fourth-order valence-electron chi connectivity index (χ4n) is 1.69. The van der Waals surface area contributed by atoms with Crippen LogP contribution < -0.4 is 10.1 Å². The van der Waals surface area contributed by atoms with Crippen LogP contribution in [-0.2, 0) is 4.74 Å². The molecule has 0 saturated carbocycles. The number of aliphatic hydroxyl groups excluding tert-OH is 1. The first-order valence-electron chi connectivity index (χ1n) is 6.34. The smallest absolute Gasteiger partial charge is 0.119 e. The molecule has 0 aliphatic rings. The van der Waals surface area contributed by atoms with Crippen molar-refractivity contribution in [3.63, 3.8) is 0 Å². The number of benzene rings is 1. The van der Waals surface area contributed by atoms with Gasteiger partial charge in [0.25, 0.3) is 0 Å². The Hall–Kier alpha value is -1.10. The van der Waals surface area contributed by atoms with Gasteiger partial charge in [-0.25, -0.2) is 0 Å². The highest BCUT2D eigenvalue weighted by Crippen LogP contribution is 2.18. The Morgan fingerprint density at radius 1 is 1.33 bits per heavy atom. The number of rotatable bonds is 9. The summed E-state index contributed by atoms with van der Waals surface area (Å²) in [6, 6.07) is 8.36. The maximum atomic E-state index is 8.56. The van der Waals surface area contributed by atoms with Crippen molar-refractivity contribution < 1.29 is 14.6 Å². The van der Waals surface area contributed by atoms with E-state index in [-0.39, 0.29) is 12.6 Å². The van der Waals surface area contributed by atoms with E-state index in [1.807, 2.05) is 18.2 Å². The van der Waals surface area contributed by atoms with Gasteiger partial charge in [0.1, 0.15) is 5.75 Å². The minimum Gasteiger partial charge on any atom is -0.497 e. The van der Waals surface area contributed by atoms with Crippen LogP contribution in [-0.4, -0.2) is 38.6 Å². The number of ether oxygens (including phenoxy) is 2. The van der Waals surface area contributed by atoms with E-state index in [4.69, 9.17) is 14.6 Å². The third-order valence-electron chi connectivity index (χ3n) is 2.75. The molecule has 0 heterocycles. The Bertz CT molecular complexity index is 331. The van der Waals surface area contributed by atoms with E-state index in [1.165, 1.54) is 5.56 Å². The van der Waals surface area contributed by atoms with Crippen molar-refractivity contribution in [1.82, 2.24) is 5.32 Å². The second kappa shape index (κ2) is 8.91. The molecule has 2 N–H and O–H groups in total. The average Bonchev–Trinajstić information content (AvgIpc) is 2.42. The molecule has 102 valence electrons. The maximum Gasteiger partial charge on any atom is 0.119 e.